The van der Waals surface area contributed by atoms with Gasteiger partial charge in [0.1, 0.15) is 0 Å². The first-order valence-corrected chi connectivity index (χ1v) is 5.20. The van der Waals surface area contributed by atoms with Gasteiger partial charge in [0.15, 0.2) is 0 Å². The predicted octanol–water partition coefficient (Wildman–Crippen LogP) is 3.30. The fourth-order valence-corrected chi connectivity index (χ4v) is 1.90. The third kappa shape index (κ3) is 1.44. The Hall–Kier alpha value is -2.22. The number of aromatic nitrogens is 2. The van der Waals surface area contributed by atoms with E-state index < -0.39 is 0 Å². The summed E-state index contributed by atoms with van der Waals surface area (Å²) in [6.45, 7) is 0. The topological polar surface area (TPSA) is 25.8 Å². The van der Waals surface area contributed by atoms with Crippen LogP contribution in [0.2, 0.25) is 0 Å². The summed E-state index contributed by atoms with van der Waals surface area (Å²) in [6, 6.07) is 16.5. The van der Waals surface area contributed by atoms with Crippen LogP contribution in [0.4, 0.5) is 0 Å². The summed E-state index contributed by atoms with van der Waals surface area (Å²) < 4.78 is 0. The lowest BCUT2D eigenvalue weighted by Gasteiger charge is -2.05. The molecular formula is C14H10N2. The Balaban J connectivity index is 2.32. The van der Waals surface area contributed by atoms with Gasteiger partial charge in [-0.25, -0.2) is 0 Å². The normalized spacial score (nSPS) is 10.5. The zero-order chi connectivity index (χ0) is 10.8. The van der Waals surface area contributed by atoms with E-state index in [1.165, 1.54) is 11.1 Å². The van der Waals surface area contributed by atoms with Crippen molar-refractivity contribution in [3.63, 3.8) is 0 Å². The Morgan fingerprint density at radius 3 is 2.38 bits per heavy atom. The third-order valence-corrected chi connectivity index (χ3v) is 2.67. The Morgan fingerprint density at radius 1 is 0.688 bits per heavy atom. The number of benzene rings is 2. The molecule has 0 bridgehead atoms. The first-order valence-electron chi connectivity index (χ1n) is 5.20. The number of rotatable bonds is 1. The zero-order valence-corrected chi connectivity index (χ0v) is 8.67. The highest BCUT2D eigenvalue weighted by Crippen LogP contribution is 2.26. The molecule has 2 nitrogen and oxygen atoms in total. The molecule has 0 aliphatic carbocycles. The van der Waals surface area contributed by atoms with Crippen LogP contribution in [0.3, 0.4) is 0 Å². The molecule has 76 valence electrons. The minimum atomic E-state index is 1.12. The van der Waals surface area contributed by atoms with Crippen molar-refractivity contribution < 1.29 is 0 Å². The minimum absolute atomic E-state index is 1.12. The van der Waals surface area contributed by atoms with Crippen LogP contribution in [0.5, 0.6) is 0 Å². The molecule has 1 heterocycles. The molecule has 0 unspecified atom stereocenters. The van der Waals surface area contributed by atoms with E-state index in [0.29, 0.717) is 0 Å². The van der Waals surface area contributed by atoms with E-state index in [1.54, 1.807) is 6.20 Å². The molecule has 0 radical (unpaired) electrons. The molecular weight excluding hydrogens is 196 g/mol. The number of fused-ring (bicyclic) bond motifs is 1. The van der Waals surface area contributed by atoms with Crippen molar-refractivity contribution in [1.29, 1.82) is 0 Å². The van der Waals surface area contributed by atoms with Crippen molar-refractivity contribution in [2.45, 2.75) is 0 Å². The first-order chi connectivity index (χ1) is 7.95. The van der Waals surface area contributed by atoms with Crippen molar-refractivity contribution >= 4 is 10.8 Å². The molecule has 3 aromatic rings. The second kappa shape index (κ2) is 3.74. The molecule has 2 aromatic carbocycles. The van der Waals surface area contributed by atoms with Crippen LogP contribution in [0.1, 0.15) is 0 Å². The van der Waals surface area contributed by atoms with Gasteiger partial charge in [-0.2, -0.15) is 10.2 Å². The average molecular weight is 206 g/mol. The van der Waals surface area contributed by atoms with Crippen LogP contribution in [-0.2, 0) is 0 Å². The van der Waals surface area contributed by atoms with Gasteiger partial charge < -0.3 is 0 Å². The Morgan fingerprint density at radius 2 is 1.50 bits per heavy atom. The van der Waals surface area contributed by atoms with Gasteiger partial charge in [0.25, 0.3) is 0 Å². The molecule has 1 aromatic heterocycles. The third-order valence-electron chi connectivity index (χ3n) is 2.67. The van der Waals surface area contributed by atoms with Crippen LogP contribution in [-0.4, -0.2) is 10.2 Å². The summed E-state index contributed by atoms with van der Waals surface area (Å²) in [5, 5.41) is 10.1. The predicted molar refractivity (Wildman–Crippen MR) is 65.0 cm³/mol. The molecule has 2 heteroatoms. The summed E-state index contributed by atoms with van der Waals surface area (Å²) in [6.07, 6.45) is 3.61. The van der Waals surface area contributed by atoms with E-state index in [-0.39, 0.29) is 0 Å². The molecule has 0 saturated carbocycles. The van der Waals surface area contributed by atoms with Crippen LogP contribution >= 0.6 is 0 Å². The molecule has 0 aliphatic heterocycles. The Labute approximate surface area is 93.6 Å². The smallest absolute Gasteiger partial charge is 0.0580 e. The Kier molecular flexibility index (Phi) is 2.11. The summed E-state index contributed by atoms with van der Waals surface area (Å²) in [5.41, 5.74) is 2.41. The van der Waals surface area contributed by atoms with Crippen molar-refractivity contribution in [2.24, 2.45) is 0 Å². The zero-order valence-electron chi connectivity index (χ0n) is 8.67. The molecule has 3 rings (SSSR count). The number of hydrogen-bond donors (Lipinski definition) is 0. The number of hydrogen-bond acceptors (Lipinski definition) is 2. The highest BCUT2D eigenvalue weighted by molar-refractivity contribution is 5.95. The maximum absolute atomic E-state index is 3.95. The van der Waals surface area contributed by atoms with Gasteiger partial charge in [0, 0.05) is 10.8 Å². The maximum atomic E-state index is 3.95. The minimum Gasteiger partial charge on any atom is -0.158 e. The molecule has 0 saturated heterocycles. The van der Waals surface area contributed by atoms with Gasteiger partial charge in [-0.05, 0) is 11.1 Å². The standard InChI is InChI=1S/C14H10N2/c1-2-5-11(6-3-1)13-8-4-7-12-9-15-16-10-14(12)13/h1-10H. The highest BCUT2D eigenvalue weighted by atomic mass is 15.1. The second-order valence-electron chi connectivity index (χ2n) is 3.66. The quantitative estimate of drug-likeness (QED) is 0.610. The monoisotopic (exact) mass is 206 g/mol. The summed E-state index contributed by atoms with van der Waals surface area (Å²) in [7, 11) is 0. The van der Waals surface area contributed by atoms with E-state index in [1.807, 2.05) is 30.5 Å². The maximum Gasteiger partial charge on any atom is 0.0580 e. The first kappa shape index (κ1) is 9.04. The lowest BCUT2D eigenvalue weighted by Crippen LogP contribution is -1.84. The Bertz CT molecular complexity index is 612. The molecule has 16 heavy (non-hydrogen) atoms. The van der Waals surface area contributed by atoms with Crippen LogP contribution in [0.15, 0.2) is 60.9 Å². The van der Waals surface area contributed by atoms with Crippen LogP contribution in [0.25, 0.3) is 21.9 Å². The second-order valence-corrected chi connectivity index (χ2v) is 3.66. The molecule has 0 aliphatic rings. The molecule has 0 amide bonds. The lowest BCUT2D eigenvalue weighted by molar-refractivity contribution is 1.05. The summed E-state index contributed by atoms with van der Waals surface area (Å²) in [5.74, 6) is 0. The largest absolute Gasteiger partial charge is 0.158 e. The van der Waals surface area contributed by atoms with Gasteiger partial charge in [0.05, 0.1) is 12.4 Å². The van der Waals surface area contributed by atoms with E-state index in [2.05, 4.69) is 34.5 Å². The van der Waals surface area contributed by atoms with E-state index in [9.17, 15) is 0 Å². The fraction of sp³-hybridized carbons (Fsp3) is 0. The SMILES string of the molecule is c1ccc(-c2cccc3cnncc23)cc1. The number of nitrogens with zero attached hydrogens (tertiary/aromatic N) is 2. The van der Waals surface area contributed by atoms with Gasteiger partial charge in [-0.3, -0.25) is 0 Å². The fourth-order valence-electron chi connectivity index (χ4n) is 1.90. The van der Waals surface area contributed by atoms with E-state index in [0.717, 1.165) is 10.8 Å². The van der Waals surface area contributed by atoms with Gasteiger partial charge in [-0.15, -0.1) is 0 Å². The molecule has 0 atom stereocenters. The summed E-state index contributed by atoms with van der Waals surface area (Å²) >= 11 is 0. The van der Waals surface area contributed by atoms with Crippen LogP contribution in [0, 0.1) is 0 Å². The molecule has 0 N–H and O–H groups in total. The molecule has 0 fully saturated rings. The van der Waals surface area contributed by atoms with Crippen molar-refractivity contribution in [3.8, 4) is 11.1 Å². The van der Waals surface area contributed by atoms with Gasteiger partial charge in [0.2, 0.25) is 0 Å². The van der Waals surface area contributed by atoms with Crippen molar-refractivity contribution in [2.75, 3.05) is 0 Å². The van der Waals surface area contributed by atoms with Gasteiger partial charge >= 0.3 is 0 Å². The van der Waals surface area contributed by atoms with E-state index >= 15 is 0 Å². The van der Waals surface area contributed by atoms with Gasteiger partial charge in [-0.1, -0.05) is 48.5 Å². The lowest BCUT2D eigenvalue weighted by atomic mass is 10.0. The van der Waals surface area contributed by atoms with Crippen molar-refractivity contribution in [1.82, 2.24) is 10.2 Å². The van der Waals surface area contributed by atoms with Crippen LogP contribution < -0.4 is 0 Å². The molecule has 0 spiro atoms. The highest BCUT2D eigenvalue weighted by Gasteiger charge is 2.02. The average Bonchev–Trinajstić information content (AvgIpc) is 2.39. The van der Waals surface area contributed by atoms with E-state index in [4.69, 9.17) is 0 Å². The van der Waals surface area contributed by atoms with Crippen molar-refractivity contribution in [3.05, 3.63) is 60.9 Å². The summed E-state index contributed by atoms with van der Waals surface area (Å²) in [4.78, 5) is 0.